The molecule has 0 radical (unpaired) electrons. The zero-order valence-corrected chi connectivity index (χ0v) is 9.47. The lowest BCUT2D eigenvalue weighted by Crippen LogP contribution is -2.11. The molecule has 0 fully saturated rings. The van der Waals surface area contributed by atoms with Crippen LogP contribution < -0.4 is 5.32 Å². The van der Waals surface area contributed by atoms with Crippen molar-refractivity contribution in [1.29, 1.82) is 0 Å². The van der Waals surface area contributed by atoms with Gasteiger partial charge in [0, 0.05) is 12.6 Å². The van der Waals surface area contributed by atoms with Crippen molar-refractivity contribution in [2.45, 2.75) is 20.0 Å². The number of phenols is 2. The fourth-order valence-corrected chi connectivity index (χ4v) is 1.51. The van der Waals surface area contributed by atoms with Crippen LogP contribution in [0.5, 0.6) is 11.5 Å². The summed E-state index contributed by atoms with van der Waals surface area (Å²) in [5, 5.41) is 25.4. The van der Waals surface area contributed by atoms with Gasteiger partial charge in [-0.25, -0.2) is 0 Å². The van der Waals surface area contributed by atoms with Gasteiger partial charge in [-0.15, -0.1) is 0 Å². The van der Waals surface area contributed by atoms with Crippen molar-refractivity contribution in [3.05, 3.63) is 41.3 Å². The third-order valence-electron chi connectivity index (χ3n) is 2.34. The molecule has 1 aromatic carbocycles. The second-order valence-electron chi connectivity index (χ2n) is 3.86. The van der Waals surface area contributed by atoms with Crippen LogP contribution in [0.25, 0.3) is 0 Å². The number of nitrogens with zero attached hydrogens (tertiary/aromatic N) is 1. The summed E-state index contributed by atoms with van der Waals surface area (Å²) in [6.07, 6.45) is 0. The molecule has 3 N–H and O–H groups in total. The van der Waals surface area contributed by atoms with E-state index < -0.39 is 0 Å². The van der Waals surface area contributed by atoms with Crippen LogP contribution in [-0.2, 0) is 13.1 Å². The van der Waals surface area contributed by atoms with E-state index >= 15 is 0 Å². The van der Waals surface area contributed by atoms with E-state index in [-0.39, 0.29) is 11.5 Å². The van der Waals surface area contributed by atoms with Crippen molar-refractivity contribution in [3.8, 4) is 11.5 Å². The van der Waals surface area contributed by atoms with Gasteiger partial charge in [0.05, 0.1) is 12.2 Å². The van der Waals surface area contributed by atoms with Crippen LogP contribution in [-0.4, -0.2) is 15.4 Å². The summed E-state index contributed by atoms with van der Waals surface area (Å²) >= 11 is 0. The first-order chi connectivity index (χ1) is 8.15. The molecule has 0 saturated heterocycles. The van der Waals surface area contributed by atoms with Crippen LogP contribution in [0.2, 0.25) is 0 Å². The first-order valence-electron chi connectivity index (χ1n) is 5.29. The van der Waals surface area contributed by atoms with E-state index in [4.69, 9.17) is 9.63 Å². The summed E-state index contributed by atoms with van der Waals surface area (Å²) in [7, 11) is 0. The average molecular weight is 234 g/mol. The van der Waals surface area contributed by atoms with Gasteiger partial charge in [-0.3, -0.25) is 0 Å². The molecule has 2 aromatic rings. The Morgan fingerprint density at radius 2 is 2.00 bits per heavy atom. The Bertz CT molecular complexity index is 508. The minimum absolute atomic E-state index is 0.111. The summed E-state index contributed by atoms with van der Waals surface area (Å²) in [6, 6.07) is 6.59. The molecule has 1 heterocycles. The second kappa shape index (κ2) is 4.88. The van der Waals surface area contributed by atoms with E-state index in [1.54, 1.807) is 6.07 Å². The van der Waals surface area contributed by atoms with E-state index in [1.165, 1.54) is 12.1 Å². The molecule has 17 heavy (non-hydrogen) atoms. The third kappa shape index (κ3) is 2.98. The maximum atomic E-state index is 9.31. The first kappa shape index (κ1) is 11.5. The topological polar surface area (TPSA) is 78.5 Å². The molecular formula is C12H14N2O3. The Labute approximate surface area is 98.7 Å². The molecule has 0 aliphatic heterocycles. The summed E-state index contributed by atoms with van der Waals surface area (Å²) in [5.74, 6) is 0.546. The van der Waals surface area contributed by atoms with Gasteiger partial charge in [0.1, 0.15) is 0 Å². The van der Waals surface area contributed by atoms with Crippen molar-refractivity contribution in [1.82, 2.24) is 10.5 Å². The summed E-state index contributed by atoms with van der Waals surface area (Å²) in [6.45, 7) is 3.01. The van der Waals surface area contributed by atoms with Crippen molar-refractivity contribution >= 4 is 0 Å². The summed E-state index contributed by atoms with van der Waals surface area (Å²) in [4.78, 5) is 0. The van der Waals surface area contributed by atoms with Crippen molar-refractivity contribution in [2.75, 3.05) is 0 Å². The molecule has 0 unspecified atom stereocenters. The average Bonchev–Trinajstić information content (AvgIpc) is 2.70. The lowest BCUT2D eigenvalue weighted by atomic mass is 10.2. The molecule has 0 amide bonds. The quantitative estimate of drug-likeness (QED) is 0.701. The zero-order valence-electron chi connectivity index (χ0n) is 9.47. The summed E-state index contributed by atoms with van der Waals surface area (Å²) in [5.41, 5.74) is 1.74. The normalized spacial score (nSPS) is 10.6. The Balaban J connectivity index is 1.87. The smallest absolute Gasteiger partial charge is 0.157 e. The molecule has 0 spiro atoms. The Kier molecular flexibility index (Phi) is 3.30. The molecule has 5 nitrogen and oxygen atoms in total. The monoisotopic (exact) mass is 234 g/mol. The Morgan fingerprint density at radius 3 is 2.65 bits per heavy atom. The molecule has 0 bridgehead atoms. The Morgan fingerprint density at radius 1 is 1.18 bits per heavy atom. The van der Waals surface area contributed by atoms with Gasteiger partial charge < -0.3 is 20.1 Å². The van der Waals surface area contributed by atoms with Gasteiger partial charge in [-0.2, -0.15) is 0 Å². The van der Waals surface area contributed by atoms with E-state index in [2.05, 4.69) is 10.5 Å². The van der Waals surface area contributed by atoms with Gasteiger partial charge in [0.15, 0.2) is 17.3 Å². The molecular weight excluding hydrogens is 220 g/mol. The maximum absolute atomic E-state index is 9.31. The van der Waals surface area contributed by atoms with Gasteiger partial charge in [0.25, 0.3) is 0 Å². The largest absolute Gasteiger partial charge is 0.504 e. The second-order valence-corrected chi connectivity index (χ2v) is 3.86. The lowest BCUT2D eigenvalue weighted by molar-refractivity contribution is 0.369. The molecule has 0 aliphatic rings. The number of phenolic OH excluding ortho intramolecular Hbond substituents is 2. The number of nitrogens with one attached hydrogen (secondary N) is 1. The zero-order chi connectivity index (χ0) is 12.3. The first-order valence-corrected chi connectivity index (χ1v) is 5.29. The van der Waals surface area contributed by atoms with Crippen LogP contribution in [0.4, 0.5) is 0 Å². The molecule has 0 aliphatic carbocycles. The van der Waals surface area contributed by atoms with Crippen molar-refractivity contribution in [3.63, 3.8) is 0 Å². The lowest BCUT2D eigenvalue weighted by Gasteiger charge is -2.04. The number of benzene rings is 1. The number of hydrogen-bond acceptors (Lipinski definition) is 5. The van der Waals surface area contributed by atoms with Gasteiger partial charge >= 0.3 is 0 Å². The number of aryl methyl sites for hydroxylation is 1. The van der Waals surface area contributed by atoms with Crippen LogP contribution in [0.1, 0.15) is 17.0 Å². The van der Waals surface area contributed by atoms with Gasteiger partial charge in [-0.05, 0) is 24.6 Å². The molecule has 90 valence electrons. The van der Waals surface area contributed by atoms with E-state index in [9.17, 15) is 5.11 Å². The highest BCUT2D eigenvalue weighted by molar-refractivity contribution is 5.40. The fraction of sp³-hybridized carbons (Fsp3) is 0.250. The molecule has 1 aromatic heterocycles. The number of hydrogen-bond donors (Lipinski definition) is 3. The van der Waals surface area contributed by atoms with Gasteiger partial charge in [0.2, 0.25) is 0 Å². The van der Waals surface area contributed by atoms with Crippen LogP contribution in [0.3, 0.4) is 0 Å². The number of aromatic nitrogens is 1. The van der Waals surface area contributed by atoms with E-state index in [0.29, 0.717) is 13.1 Å². The fourth-order valence-electron chi connectivity index (χ4n) is 1.51. The minimum atomic E-state index is -0.111. The maximum Gasteiger partial charge on any atom is 0.157 e. The number of rotatable bonds is 4. The SMILES string of the molecule is Cc1cc(CNCc2ccc(O)c(O)c2)on1. The van der Waals surface area contributed by atoms with E-state index in [1.807, 2.05) is 13.0 Å². The molecule has 2 rings (SSSR count). The van der Waals surface area contributed by atoms with Crippen molar-refractivity contribution in [2.24, 2.45) is 0 Å². The van der Waals surface area contributed by atoms with Crippen LogP contribution >= 0.6 is 0 Å². The highest BCUT2D eigenvalue weighted by atomic mass is 16.5. The standard InChI is InChI=1S/C12H14N2O3/c1-8-4-10(17-14-8)7-13-6-9-2-3-11(15)12(16)5-9/h2-5,13,15-16H,6-7H2,1H3. The summed E-state index contributed by atoms with van der Waals surface area (Å²) < 4.78 is 5.04. The highest BCUT2D eigenvalue weighted by Crippen LogP contribution is 2.24. The predicted molar refractivity (Wildman–Crippen MR) is 61.6 cm³/mol. The molecule has 0 atom stereocenters. The predicted octanol–water partition coefficient (Wildman–Crippen LogP) is 1.68. The number of aromatic hydroxyl groups is 2. The minimum Gasteiger partial charge on any atom is -0.504 e. The third-order valence-corrected chi connectivity index (χ3v) is 2.34. The van der Waals surface area contributed by atoms with E-state index in [0.717, 1.165) is 17.0 Å². The Hall–Kier alpha value is -2.01. The molecule has 5 heteroatoms. The van der Waals surface area contributed by atoms with Crippen LogP contribution in [0, 0.1) is 6.92 Å². The van der Waals surface area contributed by atoms with Crippen molar-refractivity contribution < 1.29 is 14.7 Å². The molecule has 0 saturated carbocycles. The highest BCUT2D eigenvalue weighted by Gasteiger charge is 2.02. The van der Waals surface area contributed by atoms with Crippen LogP contribution in [0.15, 0.2) is 28.8 Å². The van der Waals surface area contributed by atoms with Gasteiger partial charge in [-0.1, -0.05) is 11.2 Å².